The molecule has 10 heteroatoms. The number of halogens is 2. The molecule has 0 radical (unpaired) electrons. The van der Waals surface area contributed by atoms with Gasteiger partial charge in [-0.3, -0.25) is 14.5 Å². The number of piperidine rings is 1. The first kappa shape index (κ1) is 22.3. The van der Waals surface area contributed by atoms with E-state index in [-0.39, 0.29) is 17.0 Å². The Morgan fingerprint density at radius 1 is 1.03 bits per heavy atom. The third-order valence-corrected chi connectivity index (χ3v) is 7.71. The number of fused-ring (bicyclic) bond motifs is 1. The topological polar surface area (TPSA) is 86.8 Å². The van der Waals surface area contributed by atoms with Gasteiger partial charge in [0, 0.05) is 38.2 Å². The molecule has 0 bridgehead atoms. The molecule has 1 unspecified atom stereocenters. The lowest BCUT2D eigenvalue weighted by atomic mass is 10.1. The van der Waals surface area contributed by atoms with Gasteiger partial charge in [0.05, 0.1) is 10.6 Å². The maximum Gasteiger partial charge on any atom is 0.247 e. The van der Waals surface area contributed by atoms with E-state index < -0.39 is 39.5 Å². The zero-order chi connectivity index (χ0) is 23.0. The summed E-state index contributed by atoms with van der Waals surface area (Å²) in [6, 6.07) is 6.26. The first-order valence-corrected chi connectivity index (χ1v) is 11.8. The SMILES string of the molecule is CC(=O)N1c2ccc(S(=O)(=O)N3CCCCC3)cc2CC1C(=O)Nc1ccc(F)cc1F. The van der Waals surface area contributed by atoms with E-state index in [0.29, 0.717) is 30.4 Å². The number of sulfonamides is 1. The Bertz CT molecular complexity index is 1180. The van der Waals surface area contributed by atoms with Crippen molar-refractivity contribution in [2.45, 2.75) is 43.5 Å². The Morgan fingerprint density at radius 3 is 2.41 bits per heavy atom. The molecule has 4 rings (SSSR count). The number of benzene rings is 2. The van der Waals surface area contributed by atoms with E-state index in [1.165, 1.54) is 34.3 Å². The van der Waals surface area contributed by atoms with Crippen molar-refractivity contribution >= 4 is 33.2 Å². The van der Waals surface area contributed by atoms with Crippen molar-refractivity contribution in [1.82, 2.24) is 4.31 Å². The van der Waals surface area contributed by atoms with Crippen LogP contribution in [-0.4, -0.2) is 43.7 Å². The third-order valence-electron chi connectivity index (χ3n) is 5.82. The van der Waals surface area contributed by atoms with Gasteiger partial charge in [0.15, 0.2) is 0 Å². The number of nitrogens with zero attached hydrogens (tertiary/aromatic N) is 2. The first-order chi connectivity index (χ1) is 15.2. The Kier molecular flexibility index (Phi) is 6.00. The fourth-order valence-corrected chi connectivity index (χ4v) is 5.82. The van der Waals surface area contributed by atoms with Gasteiger partial charge < -0.3 is 5.32 Å². The fraction of sp³-hybridized carbons (Fsp3) is 0.364. The van der Waals surface area contributed by atoms with Crippen LogP contribution in [0, 0.1) is 11.6 Å². The molecule has 0 spiro atoms. The summed E-state index contributed by atoms with van der Waals surface area (Å²) in [7, 11) is -3.67. The highest BCUT2D eigenvalue weighted by atomic mass is 32.2. The van der Waals surface area contributed by atoms with Crippen molar-refractivity contribution in [2.75, 3.05) is 23.3 Å². The molecule has 2 aromatic rings. The summed E-state index contributed by atoms with van der Waals surface area (Å²) >= 11 is 0. The van der Waals surface area contributed by atoms with Crippen molar-refractivity contribution in [2.24, 2.45) is 0 Å². The van der Waals surface area contributed by atoms with Gasteiger partial charge >= 0.3 is 0 Å². The summed E-state index contributed by atoms with van der Waals surface area (Å²) < 4.78 is 54.6. The number of nitrogens with one attached hydrogen (secondary N) is 1. The van der Waals surface area contributed by atoms with Gasteiger partial charge in [-0.05, 0) is 48.7 Å². The molecule has 170 valence electrons. The molecule has 0 aromatic heterocycles. The van der Waals surface area contributed by atoms with Crippen molar-refractivity contribution in [3.05, 3.63) is 53.6 Å². The third kappa shape index (κ3) is 4.12. The van der Waals surface area contributed by atoms with E-state index in [0.717, 1.165) is 31.4 Å². The molecule has 32 heavy (non-hydrogen) atoms. The standard InChI is InChI=1S/C22H23F2N3O4S/c1-14(28)27-20-8-6-17(32(30,31)26-9-3-2-4-10-26)11-15(20)12-21(27)22(29)25-19-7-5-16(23)13-18(19)24/h5-8,11,13,21H,2-4,9-10,12H2,1H3,(H,25,29). The average molecular weight is 464 g/mol. The van der Waals surface area contributed by atoms with Crippen LogP contribution in [0.5, 0.6) is 0 Å². The number of carbonyl (C=O) groups is 2. The predicted octanol–water partition coefficient (Wildman–Crippen LogP) is 3.06. The lowest BCUT2D eigenvalue weighted by molar-refractivity contribution is -0.122. The largest absolute Gasteiger partial charge is 0.322 e. The van der Waals surface area contributed by atoms with Gasteiger partial charge in [0.25, 0.3) is 0 Å². The molecular formula is C22H23F2N3O4S. The summed E-state index contributed by atoms with van der Waals surface area (Å²) in [5, 5.41) is 2.39. The van der Waals surface area contributed by atoms with Crippen LogP contribution in [0.25, 0.3) is 0 Å². The van der Waals surface area contributed by atoms with Gasteiger partial charge in [-0.2, -0.15) is 4.31 Å². The van der Waals surface area contributed by atoms with E-state index in [9.17, 15) is 26.8 Å². The molecular weight excluding hydrogens is 440 g/mol. The second-order valence-corrected chi connectivity index (χ2v) is 9.92. The van der Waals surface area contributed by atoms with Crippen molar-refractivity contribution in [1.29, 1.82) is 0 Å². The summed E-state index contributed by atoms with van der Waals surface area (Å²) in [6.45, 7) is 2.23. The second kappa shape index (κ2) is 8.59. The Balaban J connectivity index is 1.61. The second-order valence-electron chi connectivity index (χ2n) is 7.98. The number of amides is 2. The summed E-state index contributed by atoms with van der Waals surface area (Å²) in [5.74, 6) is -2.77. The van der Waals surface area contributed by atoms with E-state index in [1.807, 2.05) is 0 Å². The van der Waals surface area contributed by atoms with Crippen LogP contribution in [0.4, 0.5) is 20.2 Å². The maximum absolute atomic E-state index is 14.0. The summed E-state index contributed by atoms with van der Waals surface area (Å²) in [5.41, 5.74) is 0.775. The van der Waals surface area contributed by atoms with Crippen LogP contribution < -0.4 is 10.2 Å². The van der Waals surface area contributed by atoms with E-state index in [2.05, 4.69) is 5.32 Å². The van der Waals surface area contributed by atoms with Gasteiger partial charge in [0.1, 0.15) is 17.7 Å². The van der Waals surface area contributed by atoms with Crippen LogP contribution in [0.1, 0.15) is 31.7 Å². The van der Waals surface area contributed by atoms with Crippen LogP contribution in [0.3, 0.4) is 0 Å². The van der Waals surface area contributed by atoms with Crippen LogP contribution >= 0.6 is 0 Å². The zero-order valence-electron chi connectivity index (χ0n) is 17.5. The molecule has 0 saturated carbocycles. The molecule has 2 aliphatic rings. The number of anilines is 2. The minimum atomic E-state index is -3.67. The summed E-state index contributed by atoms with van der Waals surface area (Å²) in [6.07, 6.45) is 2.69. The minimum absolute atomic E-state index is 0.0763. The molecule has 2 aromatic carbocycles. The molecule has 1 atom stereocenters. The van der Waals surface area contributed by atoms with Crippen LogP contribution in [0.2, 0.25) is 0 Å². The van der Waals surface area contributed by atoms with Gasteiger partial charge in [-0.15, -0.1) is 0 Å². The Morgan fingerprint density at radius 2 is 1.75 bits per heavy atom. The number of carbonyl (C=O) groups excluding carboxylic acids is 2. The van der Waals surface area contributed by atoms with Crippen molar-refractivity contribution in [3.8, 4) is 0 Å². The molecule has 1 saturated heterocycles. The molecule has 2 amide bonds. The molecule has 1 N–H and O–H groups in total. The summed E-state index contributed by atoms with van der Waals surface area (Å²) in [4.78, 5) is 26.6. The van der Waals surface area contributed by atoms with E-state index in [1.54, 1.807) is 0 Å². The van der Waals surface area contributed by atoms with Gasteiger partial charge in [-0.25, -0.2) is 17.2 Å². The van der Waals surface area contributed by atoms with Gasteiger partial charge in [0.2, 0.25) is 21.8 Å². The number of hydrogen-bond acceptors (Lipinski definition) is 4. The maximum atomic E-state index is 14.0. The lowest BCUT2D eigenvalue weighted by Crippen LogP contribution is -2.44. The van der Waals surface area contributed by atoms with E-state index >= 15 is 0 Å². The molecule has 7 nitrogen and oxygen atoms in total. The molecule has 1 fully saturated rings. The molecule has 2 aliphatic heterocycles. The quantitative estimate of drug-likeness (QED) is 0.755. The van der Waals surface area contributed by atoms with Crippen molar-refractivity contribution < 1.29 is 26.8 Å². The highest BCUT2D eigenvalue weighted by Gasteiger charge is 2.38. The zero-order valence-corrected chi connectivity index (χ0v) is 18.3. The minimum Gasteiger partial charge on any atom is -0.322 e. The monoisotopic (exact) mass is 463 g/mol. The first-order valence-electron chi connectivity index (χ1n) is 10.4. The number of rotatable bonds is 4. The van der Waals surface area contributed by atoms with Gasteiger partial charge in [-0.1, -0.05) is 6.42 Å². The van der Waals surface area contributed by atoms with Crippen LogP contribution in [0.15, 0.2) is 41.3 Å². The normalized spacial score (nSPS) is 19.0. The fourth-order valence-electron chi connectivity index (χ4n) is 4.25. The number of hydrogen-bond donors (Lipinski definition) is 1. The molecule has 2 heterocycles. The van der Waals surface area contributed by atoms with Crippen LogP contribution in [-0.2, 0) is 26.0 Å². The average Bonchev–Trinajstić information content (AvgIpc) is 3.15. The smallest absolute Gasteiger partial charge is 0.247 e. The molecule has 0 aliphatic carbocycles. The highest BCUT2D eigenvalue weighted by Crippen LogP contribution is 2.35. The predicted molar refractivity (Wildman–Crippen MR) is 115 cm³/mol. The van der Waals surface area contributed by atoms with E-state index in [4.69, 9.17) is 0 Å². The Hall–Kier alpha value is -2.85. The van der Waals surface area contributed by atoms with Crippen molar-refractivity contribution in [3.63, 3.8) is 0 Å². The Labute approximate surface area is 185 Å². The lowest BCUT2D eigenvalue weighted by Gasteiger charge is -2.26. The highest BCUT2D eigenvalue weighted by molar-refractivity contribution is 7.89.